The zero-order chi connectivity index (χ0) is 21.4. The Kier molecular flexibility index (Phi) is 5.96. The predicted octanol–water partition coefficient (Wildman–Crippen LogP) is 4.86. The molecule has 2 heterocycles. The average molecular weight is 424 g/mol. The van der Waals surface area contributed by atoms with Crippen molar-refractivity contribution < 1.29 is 9.90 Å². The van der Waals surface area contributed by atoms with Gasteiger partial charge in [0.15, 0.2) is 0 Å². The Hall–Kier alpha value is -2.01. The van der Waals surface area contributed by atoms with E-state index in [4.69, 9.17) is 0 Å². The number of hydrogen-bond acceptors (Lipinski definition) is 3. The summed E-state index contributed by atoms with van der Waals surface area (Å²) < 4.78 is 0. The summed E-state index contributed by atoms with van der Waals surface area (Å²) in [6.07, 6.45) is 14.1. The number of allylic oxidation sites excluding steroid dienone is 2. The molecule has 2 aliphatic carbocycles. The first-order chi connectivity index (χ1) is 15.2. The second kappa shape index (κ2) is 8.85. The summed E-state index contributed by atoms with van der Waals surface area (Å²) >= 11 is 0. The van der Waals surface area contributed by atoms with Crippen LogP contribution in [0, 0.1) is 5.92 Å². The highest BCUT2D eigenvalue weighted by Crippen LogP contribution is 2.49. The molecule has 0 radical (unpaired) electrons. The molecule has 1 saturated carbocycles. The number of nitrogens with zero attached hydrogens (tertiary/aromatic N) is 2. The van der Waals surface area contributed by atoms with Gasteiger partial charge in [0.1, 0.15) is 0 Å². The number of carbonyl (C=O) groups is 1. The van der Waals surface area contributed by atoms with Crippen LogP contribution in [-0.4, -0.2) is 48.3 Å². The molecule has 3 atom stereocenters. The van der Waals surface area contributed by atoms with Crippen LogP contribution >= 0.6 is 0 Å². The molecule has 0 bridgehead atoms. The first kappa shape index (κ1) is 20.9. The highest BCUT2D eigenvalue weighted by molar-refractivity contribution is 5.77. The maximum Gasteiger partial charge on any atom is 0.318 e. The molecule has 31 heavy (non-hydrogen) atoms. The van der Waals surface area contributed by atoms with Crippen molar-refractivity contribution in [3.05, 3.63) is 35.4 Å². The molecule has 1 aromatic carbocycles. The lowest BCUT2D eigenvalue weighted by molar-refractivity contribution is 0.156. The van der Waals surface area contributed by atoms with Crippen molar-refractivity contribution in [3.63, 3.8) is 0 Å². The fraction of sp³-hybridized carbons (Fsp3) is 0.654. The summed E-state index contributed by atoms with van der Waals surface area (Å²) in [7, 11) is 2.10. The van der Waals surface area contributed by atoms with Gasteiger partial charge in [-0.2, -0.15) is 0 Å². The second-order valence-electron chi connectivity index (χ2n) is 9.98. The minimum atomic E-state index is 0.0519. The monoisotopic (exact) mass is 423 g/mol. The van der Waals surface area contributed by atoms with Gasteiger partial charge in [0.2, 0.25) is 0 Å². The van der Waals surface area contributed by atoms with Gasteiger partial charge in [-0.3, -0.25) is 0 Å². The zero-order valence-electron chi connectivity index (χ0n) is 18.9. The molecule has 0 unspecified atom stereocenters. The van der Waals surface area contributed by atoms with Crippen LogP contribution < -0.4 is 10.2 Å². The number of anilines is 1. The van der Waals surface area contributed by atoms with Gasteiger partial charge in [-0.05, 0) is 73.8 Å². The van der Waals surface area contributed by atoms with Crippen molar-refractivity contribution in [2.75, 3.05) is 25.1 Å². The Morgan fingerprint density at radius 1 is 1.13 bits per heavy atom. The van der Waals surface area contributed by atoms with Gasteiger partial charge >= 0.3 is 6.03 Å². The summed E-state index contributed by atoms with van der Waals surface area (Å²) in [5.74, 6) is 0.273. The number of rotatable bonds is 3. The largest absolute Gasteiger partial charge is 0.394 e. The molecular formula is C26H37N3O2. The van der Waals surface area contributed by atoms with Gasteiger partial charge in [0, 0.05) is 31.2 Å². The van der Waals surface area contributed by atoms with Crippen LogP contribution in [0.3, 0.4) is 0 Å². The molecule has 5 nitrogen and oxygen atoms in total. The third kappa shape index (κ3) is 3.86. The fourth-order valence-corrected chi connectivity index (χ4v) is 6.49. The van der Waals surface area contributed by atoms with Crippen LogP contribution in [0.2, 0.25) is 0 Å². The maximum absolute atomic E-state index is 13.4. The SMILES string of the molecule is CN1c2ccc(C3=CCCCC3)cc2[C@H]2[C@H](CCN2C(=O)NC2CCCCC2)[C@@H]1CO. The molecule has 168 valence electrons. The van der Waals surface area contributed by atoms with Gasteiger partial charge in [-0.25, -0.2) is 4.79 Å². The van der Waals surface area contributed by atoms with E-state index in [-0.39, 0.29) is 30.6 Å². The highest BCUT2D eigenvalue weighted by Gasteiger charge is 2.48. The van der Waals surface area contributed by atoms with E-state index in [1.54, 1.807) is 0 Å². The average Bonchev–Trinajstić information content (AvgIpc) is 3.26. The highest BCUT2D eigenvalue weighted by atomic mass is 16.3. The van der Waals surface area contributed by atoms with Crippen LogP contribution in [-0.2, 0) is 0 Å². The topological polar surface area (TPSA) is 55.8 Å². The number of carbonyl (C=O) groups excluding carboxylic acids is 1. The van der Waals surface area contributed by atoms with Crippen LogP contribution in [0.5, 0.6) is 0 Å². The molecule has 5 heteroatoms. The first-order valence-corrected chi connectivity index (χ1v) is 12.4. The third-order valence-electron chi connectivity index (χ3n) is 8.20. The summed E-state index contributed by atoms with van der Waals surface area (Å²) in [4.78, 5) is 17.7. The van der Waals surface area contributed by atoms with E-state index >= 15 is 0 Å². The number of urea groups is 1. The van der Waals surface area contributed by atoms with Gasteiger partial charge in [0.25, 0.3) is 0 Å². The number of benzene rings is 1. The Balaban J connectivity index is 1.47. The third-order valence-corrected chi connectivity index (χ3v) is 8.20. The molecule has 0 aromatic heterocycles. The van der Waals surface area contributed by atoms with Crippen molar-refractivity contribution >= 4 is 17.3 Å². The lowest BCUT2D eigenvalue weighted by Crippen LogP contribution is -2.50. The van der Waals surface area contributed by atoms with Crippen molar-refractivity contribution in [1.82, 2.24) is 10.2 Å². The Labute approximate surface area is 186 Å². The van der Waals surface area contributed by atoms with Crippen LogP contribution in [0.4, 0.5) is 10.5 Å². The normalized spacial score (nSPS) is 28.7. The Morgan fingerprint density at radius 3 is 2.71 bits per heavy atom. The van der Waals surface area contributed by atoms with Gasteiger partial charge in [-0.1, -0.05) is 31.4 Å². The quantitative estimate of drug-likeness (QED) is 0.730. The molecule has 2 fully saturated rings. The molecule has 1 aromatic rings. The summed E-state index contributed by atoms with van der Waals surface area (Å²) in [6, 6.07) is 7.32. The van der Waals surface area contributed by atoms with E-state index in [9.17, 15) is 9.90 Å². The van der Waals surface area contributed by atoms with Crippen molar-refractivity contribution in [2.45, 2.75) is 82.3 Å². The number of fused-ring (bicyclic) bond motifs is 3. The molecule has 0 spiro atoms. The number of hydrogen-bond donors (Lipinski definition) is 2. The van der Waals surface area contributed by atoms with Gasteiger partial charge < -0.3 is 20.2 Å². The smallest absolute Gasteiger partial charge is 0.318 e. The van der Waals surface area contributed by atoms with E-state index in [0.717, 1.165) is 37.9 Å². The number of likely N-dealkylation sites (N-methyl/N-ethyl adjacent to an activating group) is 1. The summed E-state index contributed by atoms with van der Waals surface area (Å²) in [5.41, 5.74) is 5.19. The molecule has 2 amide bonds. The number of aliphatic hydroxyl groups excluding tert-OH is 1. The van der Waals surface area contributed by atoms with Gasteiger partial charge in [-0.15, -0.1) is 0 Å². The van der Waals surface area contributed by atoms with Gasteiger partial charge in [0.05, 0.1) is 18.7 Å². The van der Waals surface area contributed by atoms with E-state index in [1.165, 1.54) is 55.2 Å². The number of likely N-dealkylation sites (tertiary alicyclic amines) is 1. The van der Waals surface area contributed by atoms with E-state index in [0.29, 0.717) is 6.04 Å². The van der Waals surface area contributed by atoms with Crippen molar-refractivity contribution in [2.24, 2.45) is 5.92 Å². The van der Waals surface area contributed by atoms with Crippen LogP contribution in [0.15, 0.2) is 24.3 Å². The lowest BCUT2D eigenvalue weighted by atomic mass is 9.80. The van der Waals surface area contributed by atoms with E-state index in [2.05, 4.69) is 46.4 Å². The number of amides is 2. The maximum atomic E-state index is 13.4. The Bertz CT molecular complexity index is 845. The minimum absolute atomic E-state index is 0.0519. The summed E-state index contributed by atoms with van der Waals surface area (Å²) in [6.45, 7) is 0.896. The lowest BCUT2D eigenvalue weighted by Gasteiger charge is -2.44. The van der Waals surface area contributed by atoms with Crippen LogP contribution in [0.25, 0.3) is 5.57 Å². The molecule has 2 aliphatic heterocycles. The molecule has 5 rings (SSSR count). The van der Waals surface area contributed by atoms with Crippen molar-refractivity contribution in [1.29, 1.82) is 0 Å². The van der Waals surface area contributed by atoms with E-state index in [1.807, 2.05) is 0 Å². The van der Waals surface area contributed by atoms with Crippen molar-refractivity contribution in [3.8, 4) is 0 Å². The standard InChI is InChI=1S/C26H37N3O2/c1-28-23-13-12-19(18-8-4-2-5-9-18)16-22(23)25-21(24(28)17-30)14-15-29(25)26(31)27-20-10-6-3-7-11-20/h8,12-13,16,20-21,24-25,30H,2-7,9-11,14-15,17H2,1H3,(H,27,31)/t21-,24+,25-/m1/s1. The molecule has 4 aliphatic rings. The van der Waals surface area contributed by atoms with Crippen LogP contribution in [0.1, 0.15) is 81.4 Å². The second-order valence-corrected chi connectivity index (χ2v) is 9.98. The predicted molar refractivity (Wildman–Crippen MR) is 125 cm³/mol. The number of aliphatic hydroxyl groups is 1. The molecule has 2 N–H and O–H groups in total. The molecule has 1 saturated heterocycles. The van der Waals surface area contributed by atoms with E-state index < -0.39 is 0 Å². The number of nitrogens with one attached hydrogen (secondary N) is 1. The zero-order valence-corrected chi connectivity index (χ0v) is 18.9. The molecular weight excluding hydrogens is 386 g/mol. The fourth-order valence-electron chi connectivity index (χ4n) is 6.49. The first-order valence-electron chi connectivity index (χ1n) is 12.4. The Morgan fingerprint density at radius 2 is 1.97 bits per heavy atom. The minimum Gasteiger partial charge on any atom is -0.394 e. The summed E-state index contributed by atoms with van der Waals surface area (Å²) in [5, 5.41) is 13.6.